The van der Waals surface area contributed by atoms with Crippen LogP contribution in [-0.4, -0.2) is 10.1 Å². The average molecular weight is 284 g/mol. The number of ether oxygens (including phenoxy) is 1. The molecule has 0 bridgehead atoms. The number of benzene rings is 1. The van der Waals surface area contributed by atoms with E-state index in [-0.39, 0.29) is 31.0 Å². The van der Waals surface area contributed by atoms with E-state index in [1.165, 1.54) is 0 Å². The summed E-state index contributed by atoms with van der Waals surface area (Å²) in [5, 5.41) is 3.84. The molecule has 0 saturated carbocycles. The van der Waals surface area contributed by atoms with Crippen molar-refractivity contribution in [2.45, 2.75) is 26.5 Å². The zero-order valence-corrected chi connectivity index (χ0v) is 11.8. The van der Waals surface area contributed by atoms with Crippen LogP contribution in [-0.2, 0) is 6.61 Å². The van der Waals surface area contributed by atoms with Crippen molar-refractivity contribution in [1.82, 2.24) is 10.1 Å². The van der Waals surface area contributed by atoms with Crippen LogP contribution < -0.4 is 10.5 Å². The van der Waals surface area contributed by atoms with E-state index in [1.807, 2.05) is 44.2 Å². The first kappa shape index (κ1) is 15.5. The Bertz CT molecular complexity index is 488. The van der Waals surface area contributed by atoms with Crippen LogP contribution in [0.3, 0.4) is 0 Å². The summed E-state index contributed by atoms with van der Waals surface area (Å²) >= 11 is 0. The molecule has 6 heteroatoms. The summed E-state index contributed by atoms with van der Waals surface area (Å²) in [6.07, 6.45) is 0. The molecule has 0 aliphatic heterocycles. The van der Waals surface area contributed by atoms with E-state index in [4.69, 9.17) is 15.0 Å². The lowest BCUT2D eigenvalue weighted by atomic mass is 10.1. The number of para-hydroxylation sites is 1. The maximum Gasteiger partial charge on any atom is 0.243 e. The monoisotopic (exact) mass is 283 g/mol. The van der Waals surface area contributed by atoms with Gasteiger partial charge in [-0.15, -0.1) is 12.4 Å². The van der Waals surface area contributed by atoms with Gasteiger partial charge >= 0.3 is 0 Å². The van der Waals surface area contributed by atoms with Crippen LogP contribution in [0.5, 0.6) is 5.75 Å². The van der Waals surface area contributed by atoms with Crippen LogP contribution in [0.25, 0.3) is 0 Å². The Labute approximate surface area is 118 Å². The summed E-state index contributed by atoms with van der Waals surface area (Å²) in [7, 11) is 0. The first-order valence-electron chi connectivity index (χ1n) is 5.92. The predicted molar refractivity (Wildman–Crippen MR) is 74.1 cm³/mol. The minimum Gasteiger partial charge on any atom is -0.485 e. The molecule has 5 nitrogen and oxygen atoms in total. The summed E-state index contributed by atoms with van der Waals surface area (Å²) in [5.74, 6) is 1.99. The third kappa shape index (κ3) is 4.22. The van der Waals surface area contributed by atoms with Crippen LogP contribution >= 0.6 is 12.4 Å². The highest BCUT2D eigenvalue weighted by atomic mass is 35.5. The van der Waals surface area contributed by atoms with Gasteiger partial charge in [-0.1, -0.05) is 37.2 Å². The van der Waals surface area contributed by atoms with E-state index in [1.54, 1.807) is 0 Å². The fourth-order valence-electron chi connectivity index (χ4n) is 1.41. The zero-order chi connectivity index (χ0) is 13.0. The molecule has 0 saturated heterocycles. The van der Waals surface area contributed by atoms with Gasteiger partial charge in [-0.05, 0) is 18.1 Å². The van der Waals surface area contributed by atoms with Gasteiger partial charge in [0.15, 0.2) is 6.61 Å². The number of nitrogens with two attached hydrogens (primary N) is 1. The highest BCUT2D eigenvalue weighted by Crippen LogP contribution is 2.17. The summed E-state index contributed by atoms with van der Waals surface area (Å²) in [4.78, 5) is 4.22. The fourth-order valence-corrected chi connectivity index (χ4v) is 1.41. The van der Waals surface area contributed by atoms with Gasteiger partial charge in [-0.3, -0.25) is 0 Å². The topological polar surface area (TPSA) is 74.2 Å². The molecule has 2 N–H and O–H groups in total. The van der Waals surface area contributed by atoms with E-state index >= 15 is 0 Å². The third-order valence-corrected chi connectivity index (χ3v) is 2.60. The van der Waals surface area contributed by atoms with Crippen molar-refractivity contribution in [2.75, 3.05) is 0 Å². The minimum absolute atomic E-state index is 0. The first-order valence-corrected chi connectivity index (χ1v) is 5.92. The quantitative estimate of drug-likeness (QED) is 0.913. The van der Waals surface area contributed by atoms with E-state index in [9.17, 15) is 0 Å². The molecule has 0 radical (unpaired) electrons. The van der Waals surface area contributed by atoms with Gasteiger partial charge in [-0.2, -0.15) is 4.98 Å². The number of aromatic nitrogens is 2. The molecule has 0 aliphatic carbocycles. The molecule has 1 atom stereocenters. The molecule has 0 amide bonds. The maximum atomic E-state index is 5.92. The third-order valence-electron chi connectivity index (χ3n) is 2.60. The zero-order valence-electron chi connectivity index (χ0n) is 10.9. The van der Waals surface area contributed by atoms with E-state index < -0.39 is 0 Å². The number of halogens is 1. The van der Waals surface area contributed by atoms with Gasteiger partial charge in [0.25, 0.3) is 0 Å². The number of hydrogen-bond acceptors (Lipinski definition) is 5. The lowest BCUT2D eigenvalue weighted by Crippen LogP contribution is -2.17. The second-order valence-corrected chi connectivity index (χ2v) is 4.42. The Morgan fingerprint density at radius 1 is 1.26 bits per heavy atom. The lowest BCUT2D eigenvalue weighted by Gasteiger charge is -2.09. The smallest absolute Gasteiger partial charge is 0.243 e. The van der Waals surface area contributed by atoms with Gasteiger partial charge in [-0.25, -0.2) is 0 Å². The highest BCUT2D eigenvalue weighted by molar-refractivity contribution is 5.85. The van der Waals surface area contributed by atoms with Crippen molar-refractivity contribution < 1.29 is 9.26 Å². The normalized spacial score (nSPS) is 12.0. The van der Waals surface area contributed by atoms with Crippen LogP contribution in [0, 0.1) is 5.92 Å². The summed E-state index contributed by atoms with van der Waals surface area (Å²) in [6.45, 7) is 4.29. The molecule has 0 aliphatic rings. The van der Waals surface area contributed by atoms with E-state index in [2.05, 4.69) is 10.1 Å². The van der Waals surface area contributed by atoms with Crippen LogP contribution in [0.15, 0.2) is 34.9 Å². The molecular weight excluding hydrogens is 266 g/mol. The predicted octanol–water partition coefficient (Wildman–Crippen LogP) is 2.73. The Morgan fingerprint density at radius 3 is 2.58 bits per heavy atom. The standard InChI is InChI=1S/C13H17N3O2.ClH/c1-9(2)12(14)13-15-11(16-18-13)8-17-10-6-4-3-5-7-10;/h3-7,9,12H,8,14H2,1-2H3;1H/t12-;/m0./s1. The Balaban J connectivity index is 0.00000180. The minimum atomic E-state index is -0.233. The van der Waals surface area contributed by atoms with Crippen molar-refractivity contribution in [2.24, 2.45) is 11.7 Å². The highest BCUT2D eigenvalue weighted by Gasteiger charge is 2.18. The van der Waals surface area contributed by atoms with Gasteiger partial charge in [0.05, 0.1) is 6.04 Å². The van der Waals surface area contributed by atoms with E-state index in [0.29, 0.717) is 11.7 Å². The molecule has 1 aromatic carbocycles. The molecule has 104 valence electrons. The number of rotatable bonds is 5. The maximum absolute atomic E-state index is 5.92. The Hall–Kier alpha value is -1.59. The summed E-state index contributed by atoms with van der Waals surface area (Å²) < 4.78 is 10.6. The molecule has 2 rings (SSSR count). The molecule has 0 unspecified atom stereocenters. The first-order chi connectivity index (χ1) is 8.66. The van der Waals surface area contributed by atoms with Crippen LogP contribution in [0.4, 0.5) is 0 Å². The molecule has 1 heterocycles. The average Bonchev–Trinajstić information content (AvgIpc) is 2.85. The van der Waals surface area contributed by atoms with Gasteiger partial charge in [0.2, 0.25) is 11.7 Å². The van der Waals surface area contributed by atoms with E-state index in [0.717, 1.165) is 5.75 Å². The molecule has 2 aromatic rings. The fraction of sp³-hybridized carbons (Fsp3) is 0.385. The van der Waals surface area contributed by atoms with Gasteiger partial charge in [0.1, 0.15) is 5.75 Å². The second kappa shape index (κ2) is 7.11. The lowest BCUT2D eigenvalue weighted by molar-refractivity contribution is 0.281. The van der Waals surface area contributed by atoms with Crippen molar-refractivity contribution >= 4 is 12.4 Å². The molecular formula is C13H18ClN3O2. The van der Waals surface area contributed by atoms with Crippen molar-refractivity contribution in [3.05, 3.63) is 42.0 Å². The van der Waals surface area contributed by atoms with Crippen LogP contribution in [0.1, 0.15) is 31.6 Å². The Morgan fingerprint density at radius 2 is 1.95 bits per heavy atom. The largest absolute Gasteiger partial charge is 0.485 e. The number of nitrogens with zero attached hydrogens (tertiary/aromatic N) is 2. The number of hydrogen-bond donors (Lipinski definition) is 1. The van der Waals surface area contributed by atoms with Crippen molar-refractivity contribution in [3.63, 3.8) is 0 Å². The second-order valence-electron chi connectivity index (χ2n) is 4.42. The van der Waals surface area contributed by atoms with Gasteiger partial charge < -0.3 is 15.0 Å². The molecule has 0 spiro atoms. The SMILES string of the molecule is CC(C)[C@H](N)c1nc(COc2ccccc2)no1.Cl. The Kier molecular flexibility index (Phi) is 5.79. The molecule has 1 aromatic heterocycles. The molecule has 19 heavy (non-hydrogen) atoms. The van der Waals surface area contributed by atoms with Crippen molar-refractivity contribution in [3.8, 4) is 5.75 Å². The van der Waals surface area contributed by atoms with Crippen LogP contribution in [0.2, 0.25) is 0 Å². The van der Waals surface area contributed by atoms with Gasteiger partial charge in [0, 0.05) is 0 Å². The molecule has 0 fully saturated rings. The summed E-state index contributed by atoms with van der Waals surface area (Å²) in [6, 6.07) is 9.27. The summed E-state index contributed by atoms with van der Waals surface area (Å²) in [5.41, 5.74) is 5.92. The van der Waals surface area contributed by atoms with Crippen molar-refractivity contribution in [1.29, 1.82) is 0 Å².